The van der Waals surface area contributed by atoms with Gasteiger partial charge >= 0.3 is 0 Å². The largest absolute Gasteiger partial charge is 0.350 e. The zero-order chi connectivity index (χ0) is 16.9. The predicted molar refractivity (Wildman–Crippen MR) is 92.0 cm³/mol. The molecule has 0 saturated heterocycles. The molecule has 0 aliphatic carbocycles. The van der Waals surface area contributed by atoms with Crippen LogP contribution in [0.1, 0.15) is 16.3 Å². The number of carbonyl (C=O) groups is 1. The number of carbonyl (C=O) groups excluding carboxylic acids is 1. The highest BCUT2D eigenvalue weighted by atomic mass is 32.1. The van der Waals surface area contributed by atoms with Crippen LogP contribution in [0.15, 0.2) is 48.7 Å². The Labute approximate surface area is 143 Å². The molecule has 3 aromatic rings. The van der Waals surface area contributed by atoms with Crippen LogP contribution in [0.5, 0.6) is 0 Å². The van der Waals surface area contributed by atoms with Gasteiger partial charge in [-0.2, -0.15) is 0 Å². The number of hydrogen-bond donors (Lipinski definition) is 1. The first kappa shape index (κ1) is 16.3. The molecule has 1 amide bonds. The van der Waals surface area contributed by atoms with E-state index >= 15 is 0 Å². The third kappa shape index (κ3) is 3.83. The molecule has 122 valence electrons. The van der Waals surface area contributed by atoms with Gasteiger partial charge in [-0.15, -0.1) is 11.3 Å². The van der Waals surface area contributed by atoms with Crippen molar-refractivity contribution in [1.82, 2.24) is 15.3 Å². The van der Waals surface area contributed by atoms with E-state index in [2.05, 4.69) is 15.3 Å². The summed E-state index contributed by atoms with van der Waals surface area (Å²) in [6, 6.07) is 12.1. The Morgan fingerprint density at radius 3 is 2.75 bits per heavy atom. The highest BCUT2D eigenvalue weighted by molar-refractivity contribution is 7.15. The molecule has 0 spiro atoms. The van der Waals surface area contributed by atoms with E-state index in [1.165, 1.54) is 17.4 Å². The normalized spacial score (nSPS) is 10.6. The molecule has 0 fully saturated rings. The van der Waals surface area contributed by atoms with Crippen LogP contribution in [0.25, 0.3) is 10.6 Å². The molecular weight excluding hydrogens is 325 g/mol. The third-order valence-corrected chi connectivity index (χ3v) is 4.70. The minimum atomic E-state index is -0.308. The minimum absolute atomic E-state index is 0.104. The Morgan fingerprint density at radius 2 is 2.00 bits per heavy atom. The second-order valence-corrected chi connectivity index (χ2v) is 6.37. The molecule has 0 aliphatic rings. The summed E-state index contributed by atoms with van der Waals surface area (Å²) in [4.78, 5) is 21.5. The number of nitrogens with zero attached hydrogens (tertiary/aromatic N) is 2. The lowest BCUT2D eigenvalue weighted by atomic mass is 10.2. The van der Waals surface area contributed by atoms with Crippen LogP contribution in [-0.4, -0.2) is 15.9 Å². The molecule has 4 nitrogen and oxygen atoms in total. The molecule has 24 heavy (non-hydrogen) atoms. The van der Waals surface area contributed by atoms with Gasteiger partial charge in [0.25, 0.3) is 0 Å². The first-order chi connectivity index (χ1) is 11.6. The fourth-order valence-electron chi connectivity index (χ4n) is 2.24. The van der Waals surface area contributed by atoms with E-state index in [1.54, 1.807) is 24.4 Å². The van der Waals surface area contributed by atoms with Crippen molar-refractivity contribution in [3.8, 4) is 10.6 Å². The van der Waals surface area contributed by atoms with Crippen molar-refractivity contribution >= 4 is 17.2 Å². The van der Waals surface area contributed by atoms with Gasteiger partial charge in [-0.3, -0.25) is 9.78 Å². The summed E-state index contributed by atoms with van der Waals surface area (Å²) in [5.74, 6) is -0.412. The fraction of sp³-hybridized carbons (Fsp3) is 0.167. The van der Waals surface area contributed by atoms with Crippen LogP contribution in [-0.2, 0) is 17.8 Å². The molecule has 0 atom stereocenters. The first-order valence-electron chi connectivity index (χ1n) is 7.51. The summed E-state index contributed by atoms with van der Waals surface area (Å²) in [6.45, 7) is 2.22. The van der Waals surface area contributed by atoms with Crippen LogP contribution in [0.3, 0.4) is 0 Å². The van der Waals surface area contributed by atoms with Crippen LogP contribution in [0.4, 0.5) is 4.39 Å². The van der Waals surface area contributed by atoms with E-state index in [4.69, 9.17) is 0 Å². The van der Waals surface area contributed by atoms with Gasteiger partial charge in [0.05, 0.1) is 24.4 Å². The lowest BCUT2D eigenvalue weighted by Gasteiger charge is -2.03. The quantitative estimate of drug-likeness (QED) is 0.773. The molecule has 0 aliphatic heterocycles. The van der Waals surface area contributed by atoms with E-state index in [0.717, 1.165) is 16.3 Å². The second kappa shape index (κ2) is 7.31. The van der Waals surface area contributed by atoms with E-state index < -0.39 is 0 Å². The standard InChI is InChI=1S/C18H16FN3OS/c1-12-16(10-17(23)21-11-13-6-4-5-9-20-13)24-18(22-12)14-7-2-3-8-15(14)19/h2-9H,10-11H2,1H3,(H,21,23). The zero-order valence-electron chi connectivity index (χ0n) is 13.1. The Hall–Kier alpha value is -2.60. The maximum Gasteiger partial charge on any atom is 0.225 e. The molecular formula is C18H16FN3OS. The lowest BCUT2D eigenvalue weighted by molar-refractivity contribution is -0.120. The van der Waals surface area contributed by atoms with Gasteiger partial charge in [-0.25, -0.2) is 9.37 Å². The smallest absolute Gasteiger partial charge is 0.225 e. The van der Waals surface area contributed by atoms with Crippen LogP contribution in [0, 0.1) is 12.7 Å². The van der Waals surface area contributed by atoms with Gasteiger partial charge in [0.1, 0.15) is 10.8 Å². The maximum absolute atomic E-state index is 13.9. The number of nitrogens with one attached hydrogen (secondary N) is 1. The maximum atomic E-state index is 13.9. The Bertz CT molecular complexity index is 848. The lowest BCUT2D eigenvalue weighted by Crippen LogP contribution is -2.24. The van der Waals surface area contributed by atoms with Crippen LogP contribution < -0.4 is 5.32 Å². The molecule has 0 bridgehead atoms. The van der Waals surface area contributed by atoms with Crippen LogP contribution >= 0.6 is 11.3 Å². The highest BCUT2D eigenvalue weighted by Crippen LogP contribution is 2.29. The Balaban J connectivity index is 1.67. The van der Waals surface area contributed by atoms with Crippen molar-refractivity contribution in [2.75, 3.05) is 0 Å². The molecule has 0 radical (unpaired) electrons. The number of thiazole rings is 1. The number of halogens is 1. The molecule has 0 unspecified atom stereocenters. The second-order valence-electron chi connectivity index (χ2n) is 5.28. The summed E-state index contributed by atoms with van der Waals surface area (Å²) < 4.78 is 13.9. The zero-order valence-corrected chi connectivity index (χ0v) is 13.9. The summed E-state index contributed by atoms with van der Waals surface area (Å²) in [7, 11) is 0. The van der Waals surface area contributed by atoms with E-state index in [-0.39, 0.29) is 18.1 Å². The summed E-state index contributed by atoms with van der Waals surface area (Å²) in [6.07, 6.45) is 1.92. The average Bonchev–Trinajstić information content (AvgIpc) is 2.95. The van der Waals surface area contributed by atoms with E-state index in [1.807, 2.05) is 25.1 Å². The molecule has 3 rings (SSSR count). The summed E-state index contributed by atoms with van der Waals surface area (Å²) in [5.41, 5.74) is 2.02. The van der Waals surface area contributed by atoms with Gasteiger partial charge in [0, 0.05) is 16.6 Å². The summed E-state index contributed by atoms with van der Waals surface area (Å²) in [5, 5.41) is 3.43. The van der Waals surface area contributed by atoms with Crippen molar-refractivity contribution in [2.24, 2.45) is 0 Å². The van der Waals surface area contributed by atoms with E-state index in [9.17, 15) is 9.18 Å². The third-order valence-electron chi connectivity index (χ3n) is 3.51. The van der Waals surface area contributed by atoms with Gasteiger partial charge in [-0.1, -0.05) is 18.2 Å². The molecule has 2 heterocycles. The number of amides is 1. The topological polar surface area (TPSA) is 54.9 Å². The highest BCUT2D eigenvalue weighted by Gasteiger charge is 2.15. The molecule has 0 saturated carbocycles. The molecule has 6 heteroatoms. The first-order valence-corrected chi connectivity index (χ1v) is 8.33. The Kier molecular flexibility index (Phi) is 4.96. The van der Waals surface area contributed by atoms with Gasteiger partial charge in [0.15, 0.2) is 0 Å². The van der Waals surface area contributed by atoms with Crippen molar-refractivity contribution < 1.29 is 9.18 Å². The van der Waals surface area contributed by atoms with Crippen molar-refractivity contribution in [3.05, 3.63) is 70.7 Å². The number of aromatic nitrogens is 2. The Morgan fingerprint density at radius 1 is 1.21 bits per heavy atom. The number of benzene rings is 1. The number of aryl methyl sites for hydroxylation is 1. The predicted octanol–water partition coefficient (Wildman–Crippen LogP) is 3.51. The number of hydrogen-bond acceptors (Lipinski definition) is 4. The van der Waals surface area contributed by atoms with E-state index in [0.29, 0.717) is 17.1 Å². The number of pyridine rings is 1. The minimum Gasteiger partial charge on any atom is -0.350 e. The van der Waals surface area contributed by atoms with Crippen molar-refractivity contribution in [1.29, 1.82) is 0 Å². The summed E-state index contributed by atoms with van der Waals surface area (Å²) >= 11 is 1.35. The monoisotopic (exact) mass is 341 g/mol. The molecule has 1 aromatic carbocycles. The number of rotatable bonds is 5. The molecule has 1 N–H and O–H groups in total. The SMILES string of the molecule is Cc1nc(-c2ccccc2F)sc1CC(=O)NCc1ccccn1. The van der Waals surface area contributed by atoms with Gasteiger partial charge in [-0.05, 0) is 31.2 Å². The van der Waals surface area contributed by atoms with Crippen LogP contribution in [0.2, 0.25) is 0 Å². The molecule has 2 aromatic heterocycles. The van der Waals surface area contributed by atoms with Crippen molar-refractivity contribution in [3.63, 3.8) is 0 Å². The average molecular weight is 341 g/mol. The fourth-order valence-corrected chi connectivity index (χ4v) is 3.33. The van der Waals surface area contributed by atoms with Gasteiger partial charge < -0.3 is 5.32 Å². The van der Waals surface area contributed by atoms with Gasteiger partial charge in [0.2, 0.25) is 5.91 Å². The van der Waals surface area contributed by atoms with Crippen molar-refractivity contribution in [2.45, 2.75) is 19.9 Å².